The molecular weight excluding hydrogens is 224 g/mol. The third-order valence-corrected chi connectivity index (χ3v) is 3.64. The zero-order valence-corrected chi connectivity index (χ0v) is 11.0. The Balaban J connectivity index is 1.92. The number of carbonyl (C=O) groups excluding carboxylic acids is 1. The standard InChI is InChI=1S/C15H22N2O/c1-2-6-12-9-15(18)17(10-12)11-14(16)13-7-4-3-5-8-13/h3-5,7-8,12,14H,2,6,9-11,16H2,1H3. The van der Waals surface area contributed by atoms with Gasteiger partial charge < -0.3 is 10.6 Å². The highest BCUT2D eigenvalue weighted by molar-refractivity contribution is 5.78. The second kappa shape index (κ2) is 6.01. The molecule has 1 aromatic rings. The van der Waals surface area contributed by atoms with Gasteiger partial charge in [0.05, 0.1) is 0 Å². The van der Waals surface area contributed by atoms with Gasteiger partial charge in [0.25, 0.3) is 0 Å². The minimum atomic E-state index is -0.0736. The zero-order chi connectivity index (χ0) is 13.0. The van der Waals surface area contributed by atoms with Crippen LogP contribution in [0.5, 0.6) is 0 Å². The molecule has 1 heterocycles. The molecule has 0 saturated carbocycles. The van der Waals surface area contributed by atoms with Crippen LogP contribution in [0.2, 0.25) is 0 Å². The summed E-state index contributed by atoms with van der Waals surface area (Å²) in [4.78, 5) is 13.8. The molecule has 3 nitrogen and oxygen atoms in total. The maximum Gasteiger partial charge on any atom is 0.222 e. The topological polar surface area (TPSA) is 46.3 Å². The van der Waals surface area contributed by atoms with E-state index in [1.54, 1.807) is 0 Å². The summed E-state index contributed by atoms with van der Waals surface area (Å²) < 4.78 is 0. The first-order valence-electron chi connectivity index (χ1n) is 6.79. The minimum absolute atomic E-state index is 0.0736. The predicted octanol–water partition coefficient (Wildman–Crippen LogP) is 2.34. The van der Waals surface area contributed by atoms with E-state index in [1.165, 1.54) is 0 Å². The number of hydrogen-bond donors (Lipinski definition) is 1. The lowest BCUT2D eigenvalue weighted by Crippen LogP contribution is -2.33. The number of nitrogens with zero attached hydrogens (tertiary/aromatic N) is 1. The molecule has 0 radical (unpaired) electrons. The Morgan fingerprint density at radius 3 is 2.78 bits per heavy atom. The van der Waals surface area contributed by atoms with E-state index >= 15 is 0 Å². The Kier molecular flexibility index (Phi) is 4.37. The van der Waals surface area contributed by atoms with Gasteiger partial charge in [0.1, 0.15) is 0 Å². The highest BCUT2D eigenvalue weighted by Crippen LogP contribution is 2.24. The van der Waals surface area contributed by atoms with Crippen molar-refractivity contribution in [2.45, 2.75) is 32.2 Å². The largest absolute Gasteiger partial charge is 0.340 e. The maximum atomic E-state index is 11.9. The van der Waals surface area contributed by atoms with Crippen LogP contribution in [0.15, 0.2) is 30.3 Å². The van der Waals surface area contributed by atoms with E-state index in [-0.39, 0.29) is 11.9 Å². The zero-order valence-electron chi connectivity index (χ0n) is 11.0. The van der Waals surface area contributed by atoms with Gasteiger partial charge in [-0.3, -0.25) is 4.79 Å². The number of amides is 1. The van der Waals surface area contributed by atoms with Crippen molar-refractivity contribution in [3.8, 4) is 0 Å². The summed E-state index contributed by atoms with van der Waals surface area (Å²) in [6.45, 7) is 3.69. The number of nitrogens with two attached hydrogens (primary N) is 1. The van der Waals surface area contributed by atoms with E-state index in [1.807, 2.05) is 35.2 Å². The third kappa shape index (κ3) is 3.10. The van der Waals surface area contributed by atoms with Gasteiger partial charge in [0.2, 0.25) is 5.91 Å². The first-order valence-corrected chi connectivity index (χ1v) is 6.79. The molecule has 3 heteroatoms. The van der Waals surface area contributed by atoms with Gasteiger partial charge in [-0.2, -0.15) is 0 Å². The van der Waals surface area contributed by atoms with E-state index in [0.717, 1.165) is 24.9 Å². The molecule has 1 amide bonds. The van der Waals surface area contributed by atoms with Crippen molar-refractivity contribution < 1.29 is 4.79 Å². The fraction of sp³-hybridized carbons (Fsp3) is 0.533. The van der Waals surface area contributed by atoms with E-state index in [0.29, 0.717) is 18.9 Å². The monoisotopic (exact) mass is 246 g/mol. The van der Waals surface area contributed by atoms with E-state index in [9.17, 15) is 4.79 Å². The molecule has 2 N–H and O–H groups in total. The highest BCUT2D eigenvalue weighted by Gasteiger charge is 2.29. The molecule has 1 fully saturated rings. The van der Waals surface area contributed by atoms with Crippen LogP contribution in [0.1, 0.15) is 37.8 Å². The minimum Gasteiger partial charge on any atom is -0.340 e. The molecule has 1 aromatic carbocycles. The highest BCUT2D eigenvalue weighted by atomic mass is 16.2. The smallest absolute Gasteiger partial charge is 0.222 e. The van der Waals surface area contributed by atoms with Gasteiger partial charge in [-0.05, 0) is 17.9 Å². The lowest BCUT2D eigenvalue weighted by atomic mass is 10.0. The molecule has 2 unspecified atom stereocenters. The maximum absolute atomic E-state index is 11.9. The summed E-state index contributed by atoms with van der Waals surface area (Å²) in [7, 11) is 0. The van der Waals surface area contributed by atoms with Crippen LogP contribution in [-0.4, -0.2) is 23.9 Å². The van der Waals surface area contributed by atoms with Crippen molar-refractivity contribution in [3.63, 3.8) is 0 Å². The van der Waals surface area contributed by atoms with Crippen LogP contribution in [0, 0.1) is 5.92 Å². The van der Waals surface area contributed by atoms with Crippen molar-refractivity contribution >= 4 is 5.91 Å². The van der Waals surface area contributed by atoms with Crippen molar-refractivity contribution in [1.29, 1.82) is 0 Å². The fourth-order valence-corrected chi connectivity index (χ4v) is 2.68. The van der Waals surface area contributed by atoms with Gasteiger partial charge in [0, 0.05) is 25.6 Å². The van der Waals surface area contributed by atoms with Gasteiger partial charge in [-0.15, -0.1) is 0 Å². The molecule has 98 valence electrons. The second-order valence-corrected chi connectivity index (χ2v) is 5.17. The van der Waals surface area contributed by atoms with Crippen LogP contribution >= 0.6 is 0 Å². The summed E-state index contributed by atoms with van der Waals surface area (Å²) in [6.07, 6.45) is 2.99. The van der Waals surface area contributed by atoms with Gasteiger partial charge in [-0.25, -0.2) is 0 Å². The number of benzene rings is 1. The van der Waals surface area contributed by atoms with Crippen LogP contribution in [0.3, 0.4) is 0 Å². The van der Waals surface area contributed by atoms with E-state index in [2.05, 4.69) is 6.92 Å². The fourth-order valence-electron chi connectivity index (χ4n) is 2.68. The molecular formula is C15H22N2O. The van der Waals surface area contributed by atoms with E-state index < -0.39 is 0 Å². The molecule has 18 heavy (non-hydrogen) atoms. The van der Waals surface area contributed by atoms with Crippen LogP contribution in [0.25, 0.3) is 0 Å². The van der Waals surface area contributed by atoms with Crippen LogP contribution < -0.4 is 5.73 Å². The molecule has 0 bridgehead atoms. The normalized spacial score (nSPS) is 21.3. The van der Waals surface area contributed by atoms with Crippen molar-refractivity contribution in [1.82, 2.24) is 4.90 Å². The molecule has 0 aliphatic carbocycles. The Morgan fingerprint density at radius 2 is 2.11 bits per heavy atom. The molecule has 2 atom stereocenters. The average Bonchev–Trinajstić information content (AvgIpc) is 2.71. The summed E-state index contributed by atoms with van der Waals surface area (Å²) in [5.74, 6) is 0.797. The Labute approximate surface area is 109 Å². The SMILES string of the molecule is CCCC1CC(=O)N(CC(N)c2ccccc2)C1. The molecule has 2 rings (SSSR count). The quantitative estimate of drug-likeness (QED) is 0.866. The lowest BCUT2D eigenvalue weighted by molar-refractivity contribution is -0.127. The van der Waals surface area contributed by atoms with Crippen LogP contribution in [-0.2, 0) is 4.79 Å². The second-order valence-electron chi connectivity index (χ2n) is 5.17. The summed E-state index contributed by atoms with van der Waals surface area (Å²) in [6, 6.07) is 9.93. The molecule has 1 saturated heterocycles. The summed E-state index contributed by atoms with van der Waals surface area (Å²) in [5.41, 5.74) is 7.26. The average molecular weight is 246 g/mol. The predicted molar refractivity (Wildman–Crippen MR) is 73.0 cm³/mol. The van der Waals surface area contributed by atoms with Gasteiger partial charge in [0.15, 0.2) is 0 Å². The Morgan fingerprint density at radius 1 is 1.39 bits per heavy atom. The number of hydrogen-bond acceptors (Lipinski definition) is 2. The number of rotatable bonds is 5. The molecule has 1 aliphatic rings. The van der Waals surface area contributed by atoms with E-state index in [4.69, 9.17) is 5.73 Å². The van der Waals surface area contributed by atoms with Gasteiger partial charge in [-0.1, -0.05) is 43.7 Å². The molecule has 0 aromatic heterocycles. The molecule has 1 aliphatic heterocycles. The van der Waals surface area contributed by atoms with Gasteiger partial charge >= 0.3 is 0 Å². The summed E-state index contributed by atoms with van der Waals surface area (Å²) in [5, 5.41) is 0. The number of likely N-dealkylation sites (tertiary alicyclic amines) is 1. The number of carbonyl (C=O) groups is 1. The Hall–Kier alpha value is -1.35. The Bertz CT molecular complexity index is 391. The first-order chi connectivity index (χ1) is 8.70. The summed E-state index contributed by atoms with van der Waals surface area (Å²) >= 11 is 0. The van der Waals surface area contributed by atoms with Crippen LogP contribution in [0.4, 0.5) is 0 Å². The first kappa shape index (κ1) is 13.1. The molecule has 0 spiro atoms. The van der Waals surface area contributed by atoms with Crippen molar-refractivity contribution in [2.75, 3.05) is 13.1 Å². The lowest BCUT2D eigenvalue weighted by Gasteiger charge is -2.21. The van der Waals surface area contributed by atoms with Crippen molar-refractivity contribution in [2.24, 2.45) is 11.7 Å². The van der Waals surface area contributed by atoms with Crippen molar-refractivity contribution in [3.05, 3.63) is 35.9 Å². The third-order valence-electron chi connectivity index (χ3n) is 3.64.